The Bertz CT molecular complexity index is 1390. The molecule has 2 heterocycles. The first kappa shape index (κ1) is 20.4. The van der Waals surface area contributed by atoms with Crippen molar-refractivity contribution in [2.45, 2.75) is 12.8 Å². The fourth-order valence-corrected chi connectivity index (χ4v) is 4.77. The number of nitriles is 1. The minimum Gasteiger partial charge on any atom is -0.463 e. The van der Waals surface area contributed by atoms with Crippen LogP contribution in [0.2, 0.25) is 0 Å². The number of benzene rings is 2. The van der Waals surface area contributed by atoms with Crippen molar-refractivity contribution in [1.82, 2.24) is 4.57 Å². The van der Waals surface area contributed by atoms with Crippen LogP contribution in [0.3, 0.4) is 0 Å². The molecule has 1 aromatic heterocycles. The van der Waals surface area contributed by atoms with E-state index in [2.05, 4.69) is 6.07 Å². The van der Waals surface area contributed by atoms with Gasteiger partial charge in [-0.15, -0.1) is 11.3 Å². The Morgan fingerprint density at radius 2 is 1.84 bits per heavy atom. The van der Waals surface area contributed by atoms with Crippen molar-refractivity contribution in [3.63, 3.8) is 0 Å². The van der Waals surface area contributed by atoms with Gasteiger partial charge in [0, 0.05) is 0 Å². The molecule has 1 aliphatic rings. The minimum absolute atomic E-state index is 0.00438. The molecule has 1 aliphatic heterocycles. The highest BCUT2D eigenvalue weighted by Crippen LogP contribution is 2.36. The number of thiazole rings is 1. The third kappa shape index (κ3) is 3.58. The monoisotopic (exact) mass is 429 g/mol. The average molecular weight is 430 g/mol. The van der Waals surface area contributed by atoms with Crippen LogP contribution in [0, 0.1) is 11.3 Å². The maximum Gasteiger partial charge on any atom is 0.338 e. The number of aromatic nitrogens is 1. The first-order valence-corrected chi connectivity index (χ1v) is 10.5. The van der Waals surface area contributed by atoms with E-state index in [0.717, 1.165) is 11.1 Å². The largest absolute Gasteiger partial charge is 0.463 e. The van der Waals surface area contributed by atoms with Crippen molar-refractivity contribution in [3.8, 4) is 6.07 Å². The molecule has 0 saturated heterocycles. The number of nitrogens with zero attached hydrogens (tertiary/aromatic N) is 2. The van der Waals surface area contributed by atoms with Gasteiger partial charge in [-0.25, -0.2) is 4.79 Å². The molecule has 0 saturated carbocycles. The van der Waals surface area contributed by atoms with Crippen molar-refractivity contribution in [3.05, 3.63) is 96.9 Å². The second-order valence-corrected chi connectivity index (χ2v) is 7.89. The molecule has 0 fully saturated rings. The maximum atomic E-state index is 13.2. The van der Waals surface area contributed by atoms with E-state index < -0.39 is 11.9 Å². The van der Waals surface area contributed by atoms with Gasteiger partial charge in [0.05, 0.1) is 34.3 Å². The first-order chi connectivity index (χ1) is 15.1. The molecule has 6 nitrogen and oxygen atoms in total. The molecule has 0 aliphatic carbocycles. The van der Waals surface area contributed by atoms with Crippen molar-refractivity contribution in [2.75, 3.05) is 6.61 Å². The zero-order valence-electron chi connectivity index (χ0n) is 16.7. The molecule has 2 aromatic carbocycles. The van der Waals surface area contributed by atoms with Gasteiger partial charge in [-0.3, -0.25) is 9.36 Å². The Hall–Kier alpha value is -3.89. The van der Waals surface area contributed by atoms with E-state index in [-0.39, 0.29) is 23.6 Å². The van der Waals surface area contributed by atoms with Gasteiger partial charge >= 0.3 is 5.97 Å². The number of fused-ring (bicyclic) bond motifs is 1. The van der Waals surface area contributed by atoms with Crippen LogP contribution in [-0.2, 0) is 9.53 Å². The van der Waals surface area contributed by atoms with Crippen molar-refractivity contribution in [2.24, 2.45) is 5.73 Å². The highest BCUT2D eigenvalue weighted by molar-refractivity contribution is 7.07. The second kappa shape index (κ2) is 8.46. The molecule has 0 amide bonds. The molecule has 1 atom stereocenters. The maximum absolute atomic E-state index is 13.2. The van der Waals surface area contributed by atoms with Crippen LogP contribution >= 0.6 is 11.3 Å². The van der Waals surface area contributed by atoms with Crippen molar-refractivity contribution >= 4 is 34.8 Å². The summed E-state index contributed by atoms with van der Waals surface area (Å²) in [6.45, 7) is 1.84. The Balaban J connectivity index is 2.07. The van der Waals surface area contributed by atoms with E-state index >= 15 is 0 Å². The summed E-state index contributed by atoms with van der Waals surface area (Å²) in [5, 5.41) is 10.1. The molecule has 0 bridgehead atoms. The van der Waals surface area contributed by atoms with E-state index in [1.54, 1.807) is 13.0 Å². The molecule has 3 aromatic rings. The SMILES string of the molecule is CCOC(=O)C1=C(N)n2c(s/c(=C\c3ccccc3)c2=O)=C(C#N)[C@@H]1c1ccccc1. The number of rotatable bonds is 4. The summed E-state index contributed by atoms with van der Waals surface area (Å²) in [6.07, 6.45) is 1.75. The van der Waals surface area contributed by atoms with Gasteiger partial charge in [-0.2, -0.15) is 5.26 Å². The molecule has 0 spiro atoms. The summed E-state index contributed by atoms with van der Waals surface area (Å²) < 4.78 is 7.34. The Morgan fingerprint density at radius 1 is 1.19 bits per heavy atom. The van der Waals surface area contributed by atoms with Crippen LogP contribution in [0.15, 0.2) is 71.0 Å². The first-order valence-electron chi connectivity index (χ1n) is 9.71. The van der Waals surface area contributed by atoms with Crippen molar-refractivity contribution in [1.29, 1.82) is 5.26 Å². The third-order valence-electron chi connectivity index (χ3n) is 4.99. The Kier molecular flexibility index (Phi) is 5.56. The smallest absolute Gasteiger partial charge is 0.338 e. The lowest BCUT2D eigenvalue weighted by Crippen LogP contribution is -2.40. The van der Waals surface area contributed by atoms with Gasteiger partial charge in [0.15, 0.2) is 0 Å². The van der Waals surface area contributed by atoms with Gasteiger partial charge in [0.1, 0.15) is 10.5 Å². The molecule has 154 valence electrons. The zero-order chi connectivity index (χ0) is 22.0. The lowest BCUT2D eigenvalue weighted by Gasteiger charge is -2.25. The third-order valence-corrected chi connectivity index (χ3v) is 6.10. The fourth-order valence-electron chi connectivity index (χ4n) is 3.64. The number of nitrogens with two attached hydrogens (primary N) is 1. The quantitative estimate of drug-likeness (QED) is 0.639. The summed E-state index contributed by atoms with van der Waals surface area (Å²) in [5.74, 6) is -1.36. The number of carbonyl (C=O) groups excluding carboxylic acids is 1. The van der Waals surface area contributed by atoms with Crippen LogP contribution in [-0.4, -0.2) is 17.1 Å². The fraction of sp³-hybridized carbons (Fsp3) is 0.125. The normalized spacial score (nSPS) is 16.1. The van der Waals surface area contributed by atoms with E-state index in [1.807, 2.05) is 60.7 Å². The topological polar surface area (TPSA) is 98.1 Å². The Labute approximate surface area is 182 Å². The average Bonchev–Trinajstić information content (AvgIpc) is 3.11. The van der Waals surface area contributed by atoms with Crippen LogP contribution in [0.25, 0.3) is 17.5 Å². The molecule has 4 rings (SSSR count). The molecule has 2 N–H and O–H groups in total. The number of carbonyl (C=O) groups is 1. The number of hydrogen-bond donors (Lipinski definition) is 1. The van der Waals surface area contributed by atoms with E-state index in [1.165, 1.54) is 15.9 Å². The molecule has 0 radical (unpaired) electrons. The lowest BCUT2D eigenvalue weighted by molar-refractivity contribution is -0.138. The van der Waals surface area contributed by atoms with Gasteiger partial charge in [0.25, 0.3) is 5.56 Å². The summed E-state index contributed by atoms with van der Waals surface area (Å²) in [6, 6.07) is 20.8. The summed E-state index contributed by atoms with van der Waals surface area (Å²) in [4.78, 5) is 26.1. The van der Waals surface area contributed by atoms with Gasteiger partial charge in [-0.1, -0.05) is 60.7 Å². The highest BCUT2D eigenvalue weighted by atomic mass is 32.1. The second-order valence-electron chi connectivity index (χ2n) is 6.86. The van der Waals surface area contributed by atoms with E-state index in [0.29, 0.717) is 14.8 Å². The van der Waals surface area contributed by atoms with Crippen molar-refractivity contribution < 1.29 is 9.53 Å². The Morgan fingerprint density at radius 3 is 2.45 bits per heavy atom. The van der Waals surface area contributed by atoms with Crippen LogP contribution < -0.4 is 20.5 Å². The van der Waals surface area contributed by atoms with E-state index in [4.69, 9.17) is 10.5 Å². The molecular weight excluding hydrogens is 410 g/mol. The number of hydrogen-bond acceptors (Lipinski definition) is 6. The van der Waals surface area contributed by atoms with E-state index in [9.17, 15) is 14.9 Å². The lowest BCUT2D eigenvalue weighted by atomic mass is 9.84. The summed E-state index contributed by atoms with van der Waals surface area (Å²) in [7, 11) is 0. The molecular formula is C24H19N3O3S. The van der Waals surface area contributed by atoms with Gasteiger partial charge < -0.3 is 10.5 Å². The standard InChI is InChI=1S/C24H19N3O3S/c1-2-30-24(29)20-19(16-11-7-4-8-12-16)17(14-25)23-27(21(20)26)22(28)18(31-23)13-15-9-5-3-6-10-15/h3-13,19H,2,26H2,1H3/b18-13-/t19-/m0/s1. The highest BCUT2D eigenvalue weighted by Gasteiger charge is 2.36. The van der Waals surface area contributed by atoms with Crippen LogP contribution in [0.5, 0.6) is 0 Å². The summed E-state index contributed by atoms with van der Waals surface area (Å²) in [5.41, 5.74) is 7.98. The number of esters is 1. The van der Waals surface area contributed by atoms with Crippen LogP contribution in [0.1, 0.15) is 24.0 Å². The molecule has 31 heavy (non-hydrogen) atoms. The minimum atomic E-state index is -0.715. The van der Waals surface area contributed by atoms with Crippen LogP contribution in [0.4, 0.5) is 0 Å². The number of ether oxygens (including phenoxy) is 1. The predicted molar refractivity (Wildman–Crippen MR) is 120 cm³/mol. The zero-order valence-corrected chi connectivity index (χ0v) is 17.6. The predicted octanol–water partition coefficient (Wildman–Crippen LogP) is 1.90. The van der Waals surface area contributed by atoms with Gasteiger partial charge in [-0.05, 0) is 24.1 Å². The molecule has 7 heteroatoms. The molecule has 0 unspecified atom stereocenters. The van der Waals surface area contributed by atoms with Gasteiger partial charge in [0.2, 0.25) is 0 Å². The summed E-state index contributed by atoms with van der Waals surface area (Å²) >= 11 is 1.19.